The van der Waals surface area contributed by atoms with Crippen LogP contribution < -0.4 is 13.7 Å². The van der Waals surface area contributed by atoms with E-state index in [1.165, 1.54) is 12.1 Å². The average molecular weight is 392 g/mol. The molecule has 1 atom stereocenters. The van der Waals surface area contributed by atoms with E-state index in [0.717, 1.165) is 17.4 Å². The number of ether oxygens (including phenoxy) is 2. The lowest BCUT2D eigenvalue weighted by molar-refractivity contribution is -0.134. The number of esters is 1. The summed E-state index contributed by atoms with van der Waals surface area (Å²) >= 11 is 0. The lowest BCUT2D eigenvalue weighted by Crippen LogP contribution is -2.11. The molecular formula is C20H24O6S. The quantitative estimate of drug-likeness (QED) is 0.386. The fourth-order valence-corrected chi connectivity index (χ4v) is 3.01. The average Bonchev–Trinajstić information content (AvgIpc) is 2.61. The summed E-state index contributed by atoms with van der Waals surface area (Å²) in [6.07, 6.45) is 1.31. The molecule has 0 radical (unpaired) electrons. The molecule has 2 rings (SSSR count). The van der Waals surface area contributed by atoms with Crippen LogP contribution in [0.5, 0.6) is 17.2 Å². The summed E-state index contributed by atoms with van der Waals surface area (Å²) in [5.74, 6) is 1.20. The third-order valence-corrected chi connectivity index (χ3v) is 4.44. The van der Waals surface area contributed by atoms with Crippen LogP contribution in [0, 0.1) is 6.92 Å². The van der Waals surface area contributed by atoms with Gasteiger partial charge >= 0.3 is 16.1 Å². The first-order valence-corrected chi connectivity index (χ1v) is 10.4. The van der Waals surface area contributed by atoms with E-state index in [-0.39, 0.29) is 17.6 Å². The molecule has 2 aromatic carbocycles. The Morgan fingerprint density at radius 1 is 1.07 bits per heavy atom. The van der Waals surface area contributed by atoms with Crippen molar-refractivity contribution in [2.24, 2.45) is 0 Å². The van der Waals surface area contributed by atoms with Gasteiger partial charge in [-0.05, 0) is 48.4 Å². The molecule has 1 unspecified atom stereocenters. The zero-order valence-electron chi connectivity index (χ0n) is 15.9. The van der Waals surface area contributed by atoms with Crippen molar-refractivity contribution < 1.29 is 26.9 Å². The summed E-state index contributed by atoms with van der Waals surface area (Å²) in [5, 5.41) is 0. The Morgan fingerprint density at radius 2 is 1.70 bits per heavy atom. The number of hydrogen-bond acceptors (Lipinski definition) is 6. The van der Waals surface area contributed by atoms with Crippen molar-refractivity contribution in [3.63, 3.8) is 0 Å². The number of carbonyl (C=O) groups excluding carboxylic acids is 1. The minimum atomic E-state index is -3.55. The zero-order valence-corrected chi connectivity index (χ0v) is 16.7. The van der Waals surface area contributed by atoms with Gasteiger partial charge in [-0.15, -0.1) is 0 Å². The number of hydrogen-bond donors (Lipinski definition) is 0. The minimum absolute atomic E-state index is 0.0669. The highest BCUT2D eigenvalue weighted by Gasteiger charge is 2.14. The summed E-state index contributed by atoms with van der Waals surface area (Å²) in [4.78, 5) is 11.5. The smallest absolute Gasteiger partial charge is 0.310 e. The van der Waals surface area contributed by atoms with Crippen molar-refractivity contribution in [1.82, 2.24) is 0 Å². The van der Waals surface area contributed by atoms with E-state index in [2.05, 4.69) is 0 Å². The van der Waals surface area contributed by atoms with Crippen LogP contribution in [0.15, 0.2) is 42.5 Å². The Morgan fingerprint density at radius 3 is 2.30 bits per heavy atom. The van der Waals surface area contributed by atoms with Gasteiger partial charge in [-0.2, -0.15) is 8.42 Å². The van der Waals surface area contributed by atoms with E-state index < -0.39 is 10.1 Å². The molecule has 6 nitrogen and oxygen atoms in total. The van der Waals surface area contributed by atoms with Gasteiger partial charge in [0.2, 0.25) is 0 Å². The van der Waals surface area contributed by atoms with Crippen LogP contribution in [-0.4, -0.2) is 27.2 Å². The van der Waals surface area contributed by atoms with Gasteiger partial charge in [0.05, 0.1) is 12.9 Å². The van der Waals surface area contributed by atoms with Crippen molar-refractivity contribution in [2.75, 3.05) is 12.9 Å². The molecule has 0 saturated heterocycles. The van der Waals surface area contributed by atoms with Crippen molar-refractivity contribution in [2.45, 2.75) is 33.1 Å². The lowest BCUT2D eigenvalue weighted by atomic mass is 9.96. The van der Waals surface area contributed by atoms with Crippen molar-refractivity contribution in [3.8, 4) is 17.2 Å². The Bertz CT molecular complexity index is 887. The first-order chi connectivity index (χ1) is 12.7. The maximum absolute atomic E-state index is 11.5. The molecule has 0 aliphatic rings. The standard InChI is InChI=1S/C20H24O6S/c1-5-20(21)25-19-8-6-7-18(15(19)3)14(2)13-24-16-9-11-17(12-10-16)26-27(4,22)23/h6-12,14H,5,13H2,1-4H3. The molecule has 0 fully saturated rings. The Balaban J connectivity index is 2.02. The van der Waals surface area contributed by atoms with Gasteiger partial charge in [0.25, 0.3) is 0 Å². The van der Waals surface area contributed by atoms with Crippen LogP contribution in [0.3, 0.4) is 0 Å². The maximum Gasteiger partial charge on any atom is 0.310 e. The first-order valence-electron chi connectivity index (χ1n) is 8.62. The third kappa shape index (κ3) is 6.29. The van der Waals surface area contributed by atoms with E-state index in [1.807, 2.05) is 26.0 Å². The topological polar surface area (TPSA) is 78.9 Å². The molecule has 0 aromatic heterocycles. The summed E-state index contributed by atoms with van der Waals surface area (Å²) in [6, 6.07) is 12.0. The lowest BCUT2D eigenvalue weighted by Gasteiger charge is -2.18. The molecule has 0 amide bonds. The van der Waals surface area contributed by atoms with Crippen molar-refractivity contribution in [1.29, 1.82) is 0 Å². The highest BCUT2D eigenvalue weighted by molar-refractivity contribution is 7.86. The van der Waals surface area contributed by atoms with Crippen LogP contribution in [-0.2, 0) is 14.9 Å². The van der Waals surface area contributed by atoms with E-state index in [0.29, 0.717) is 24.5 Å². The molecule has 0 saturated carbocycles. The van der Waals surface area contributed by atoms with Gasteiger partial charge in [0, 0.05) is 12.3 Å². The van der Waals surface area contributed by atoms with Gasteiger partial charge in [-0.3, -0.25) is 4.79 Å². The molecule has 27 heavy (non-hydrogen) atoms. The molecule has 0 aliphatic heterocycles. The molecule has 0 N–H and O–H groups in total. The van der Waals surface area contributed by atoms with E-state index in [4.69, 9.17) is 13.7 Å². The second-order valence-electron chi connectivity index (χ2n) is 6.27. The van der Waals surface area contributed by atoms with Crippen LogP contribution in [0.4, 0.5) is 0 Å². The van der Waals surface area contributed by atoms with Crippen molar-refractivity contribution in [3.05, 3.63) is 53.6 Å². The Labute approximate surface area is 160 Å². The van der Waals surface area contributed by atoms with Gasteiger partial charge in [0.1, 0.15) is 17.2 Å². The normalized spacial score (nSPS) is 12.3. The van der Waals surface area contributed by atoms with Crippen LogP contribution >= 0.6 is 0 Å². The number of benzene rings is 2. The molecule has 7 heteroatoms. The van der Waals surface area contributed by atoms with Crippen molar-refractivity contribution >= 4 is 16.1 Å². The van der Waals surface area contributed by atoms with E-state index in [1.54, 1.807) is 25.1 Å². The molecule has 0 spiro atoms. The summed E-state index contributed by atoms with van der Waals surface area (Å²) < 4.78 is 38.2. The van der Waals surface area contributed by atoms with Gasteiger partial charge in [-0.1, -0.05) is 26.0 Å². The molecule has 0 aliphatic carbocycles. The molecular weight excluding hydrogens is 368 g/mol. The Hall–Kier alpha value is -2.54. The predicted octanol–water partition coefficient (Wildman–Crippen LogP) is 3.83. The third-order valence-electron chi connectivity index (χ3n) is 3.94. The predicted molar refractivity (Wildman–Crippen MR) is 103 cm³/mol. The van der Waals surface area contributed by atoms with Gasteiger partial charge < -0.3 is 13.7 Å². The maximum atomic E-state index is 11.5. The second-order valence-corrected chi connectivity index (χ2v) is 7.84. The molecule has 2 aromatic rings. The second kappa shape index (κ2) is 8.90. The van der Waals surface area contributed by atoms with Crippen LogP contribution in [0.2, 0.25) is 0 Å². The zero-order chi connectivity index (χ0) is 20.0. The highest BCUT2D eigenvalue weighted by Crippen LogP contribution is 2.28. The summed E-state index contributed by atoms with van der Waals surface area (Å²) in [7, 11) is -3.55. The van der Waals surface area contributed by atoms with E-state index in [9.17, 15) is 13.2 Å². The molecule has 0 bridgehead atoms. The fourth-order valence-electron chi connectivity index (χ4n) is 2.55. The summed E-state index contributed by atoms with van der Waals surface area (Å²) in [5.41, 5.74) is 1.95. The minimum Gasteiger partial charge on any atom is -0.493 e. The fraction of sp³-hybridized carbons (Fsp3) is 0.350. The number of rotatable bonds is 8. The van der Waals surface area contributed by atoms with E-state index >= 15 is 0 Å². The van der Waals surface area contributed by atoms with Gasteiger partial charge in [0.15, 0.2) is 0 Å². The van der Waals surface area contributed by atoms with Crippen LogP contribution in [0.25, 0.3) is 0 Å². The SMILES string of the molecule is CCC(=O)Oc1cccc(C(C)COc2ccc(OS(C)(=O)=O)cc2)c1C. The van der Waals surface area contributed by atoms with Crippen LogP contribution in [0.1, 0.15) is 37.3 Å². The van der Waals surface area contributed by atoms with Gasteiger partial charge in [-0.25, -0.2) is 0 Å². The highest BCUT2D eigenvalue weighted by atomic mass is 32.2. The largest absolute Gasteiger partial charge is 0.493 e. The molecule has 0 heterocycles. The monoisotopic (exact) mass is 392 g/mol. The molecule has 146 valence electrons. The Kier molecular flexibility index (Phi) is 6.85. The first kappa shape index (κ1) is 20.8. The number of carbonyl (C=O) groups is 1. The summed E-state index contributed by atoms with van der Waals surface area (Å²) in [6.45, 7) is 6.11.